The van der Waals surface area contributed by atoms with Crippen LogP contribution in [0.3, 0.4) is 0 Å². The Bertz CT molecular complexity index is 342. The topological polar surface area (TPSA) is 54.4 Å². The fourth-order valence-electron chi connectivity index (χ4n) is 0.714. The molecule has 0 amide bonds. The summed E-state index contributed by atoms with van der Waals surface area (Å²) in [5.41, 5.74) is 0. The first-order valence-electron chi connectivity index (χ1n) is 3.06. The van der Waals surface area contributed by atoms with Crippen molar-refractivity contribution < 1.29 is 14.7 Å². The number of rotatable bonds is 2. The monoisotopic (exact) mass is 248 g/mol. The van der Waals surface area contributed by atoms with Crippen LogP contribution in [0.5, 0.6) is 0 Å². The van der Waals surface area contributed by atoms with E-state index in [2.05, 4.69) is 15.9 Å². The molecule has 5 heteroatoms. The Labute approximate surface area is 81.2 Å². The lowest BCUT2D eigenvalue weighted by molar-refractivity contribution is 0.0702. The molecule has 0 aliphatic carbocycles. The molecule has 0 bridgehead atoms. The van der Waals surface area contributed by atoms with E-state index in [1.165, 1.54) is 13.0 Å². The van der Waals surface area contributed by atoms with Gasteiger partial charge >= 0.3 is 5.97 Å². The molecular weight excluding hydrogens is 244 g/mol. The van der Waals surface area contributed by atoms with Crippen molar-refractivity contribution in [1.29, 1.82) is 0 Å². The van der Waals surface area contributed by atoms with Crippen LogP contribution in [0.15, 0.2) is 10.5 Å². The summed E-state index contributed by atoms with van der Waals surface area (Å²) in [6, 6.07) is 1.43. The average molecular weight is 249 g/mol. The van der Waals surface area contributed by atoms with Gasteiger partial charge in [-0.05, 0) is 28.9 Å². The molecule has 0 saturated carbocycles. The first-order valence-corrected chi connectivity index (χ1v) is 4.67. The Morgan fingerprint density at radius 3 is 2.42 bits per heavy atom. The molecule has 0 fully saturated rings. The third kappa shape index (κ3) is 1.73. The molecule has 12 heavy (non-hydrogen) atoms. The fourth-order valence-corrected chi connectivity index (χ4v) is 2.40. The average Bonchev–Trinajstić information content (AvgIpc) is 2.30. The summed E-state index contributed by atoms with van der Waals surface area (Å²) < 4.78 is 0.553. The first-order chi connectivity index (χ1) is 5.52. The van der Waals surface area contributed by atoms with Gasteiger partial charge in [0, 0.05) is 4.47 Å². The summed E-state index contributed by atoms with van der Waals surface area (Å²) in [6.07, 6.45) is 0. The van der Waals surface area contributed by atoms with Crippen LogP contribution in [0.4, 0.5) is 0 Å². The molecule has 1 N–H and O–H groups in total. The summed E-state index contributed by atoms with van der Waals surface area (Å²) >= 11 is 4.09. The van der Waals surface area contributed by atoms with E-state index < -0.39 is 5.97 Å². The number of halogens is 1. The predicted molar refractivity (Wildman–Crippen MR) is 49.0 cm³/mol. The highest BCUT2D eigenvalue weighted by Crippen LogP contribution is 2.27. The maximum Gasteiger partial charge on any atom is 0.345 e. The van der Waals surface area contributed by atoms with Crippen molar-refractivity contribution in [2.75, 3.05) is 0 Å². The van der Waals surface area contributed by atoms with Crippen molar-refractivity contribution in [1.82, 2.24) is 0 Å². The Morgan fingerprint density at radius 2 is 2.17 bits per heavy atom. The molecule has 1 rings (SSSR count). The van der Waals surface area contributed by atoms with Crippen molar-refractivity contribution in [2.45, 2.75) is 6.92 Å². The van der Waals surface area contributed by atoms with Crippen LogP contribution in [0.1, 0.15) is 26.3 Å². The minimum absolute atomic E-state index is 0.126. The molecule has 0 aromatic carbocycles. The number of Topliss-reactive ketones (excluding diaryl/α,β-unsaturated/α-hetero) is 1. The third-order valence-corrected chi connectivity index (χ3v) is 3.33. The number of ketones is 1. The van der Waals surface area contributed by atoms with Gasteiger partial charge in [0.1, 0.15) is 4.88 Å². The molecule has 0 radical (unpaired) electrons. The molecule has 0 unspecified atom stereocenters. The molecule has 0 saturated heterocycles. The largest absolute Gasteiger partial charge is 0.477 e. The van der Waals surface area contributed by atoms with E-state index in [1.54, 1.807) is 0 Å². The summed E-state index contributed by atoms with van der Waals surface area (Å²) in [5, 5.41) is 8.58. The van der Waals surface area contributed by atoms with E-state index in [0.29, 0.717) is 9.35 Å². The van der Waals surface area contributed by atoms with Crippen molar-refractivity contribution >= 4 is 39.0 Å². The number of aromatic carboxylic acids is 1. The standard InChI is InChI=1S/C7H5BrO3S/c1-3(9)6-4(8)2-5(12-6)7(10)11/h2H,1H3,(H,10,11). The Balaban J connectivity index is 3.17. The molecular formula is C7H5BrO3S. The number of hydrogen-bond acceptors (Lipinski definition) is 3. The quantitative estimate of drug-likeness (QED) is 0.819. The molecule has 0 aliphatic rings. The van der Waals surface area contributed by atoms with E-state index in [0.717, 1.165) is 11.3 Å². The summed E-state index contributed by atoms with van der Waals surface area (Å²) in [6.45, 7) is 1.40. The van der Waals surface area contributed by atoms with E-state index >= 15 is 0 Å². The van der Waals surface area contributed by atoms with Crippen LogP contribution in [0.25, 0.3) is 0 Å². The highest BCUT2D eigenvalue weighted by Gasteiger charge is 2.14. The lowest BCUT2D eigenvalue weighted by Crippen LogP contribution is -1.90. The molecule has 0 atom stereocenters. The number of carbonyl (C=O) groups is 2. The van der Waals surface area contributed by atoms with Gasteiger partial charge in [0.25, 0.3) is 0 Å². The fraction of sp³-hybridized carbons (Fsp3) is 0.143. The zero-order chi connectivity index (χ0) is 9.30. The van der Waals surface area contributed by atoms with Gasteiger partial charge in [-0.2, -0.15) is 0 Å². The Hall–Kier alpha value is -0.680. The van der Waals surface area contributed by atoms with Crippen molar-refractivity contribution in [3.05, 3.63) is 20.3 Å². The molecule has 3 nitrogen and oxygen atoms in total. The smallest absolute Gasteiger partial charge is 0.345 e. The summed E-state index contributed by atoms with van der Waals surface area (Å²) in [7, 11) is 0. The number of carboxylic acid groups (broad SMARTS) is 1. The van der Waals surface area contributed by atoms with E-state index in [9.17, 15) is 9.59 Å². The lowest BCUT2D eigenvalue weighted by Gasteiger charge is -1.86. The highest BCUT2D eigenvalue weighted by atomic mass is 79.9. The maximum atomic E-state index is 10.9. The minimum Gasteiger partial charge on any atom is -0.477 e. The van der Waals surface area contributed by atoms with Crippen LogP contribution in [0, 0.1) is 0 Å². The molecule has 1 heterocycles. The van der Waals surface area contributed by atoms with Gasteiger partial charge in [0.05, 0.1) is 4.88 Å². The van der Waals surface area contributed by atoms with Crippen LogP contribution in [-0.4, -0.2) is 16.9 Å². The molecule has 1 aromatic rings. The van der Waals surface area contributed by atoms with Crippen LogP contribution in [0.2, 0.25) is 0 Å². The second-order valence-electron chi connectivity index (χ2n) is 2.15. The second kappa shape index (κ2) is 3.37. The number of thiophene rings is 1. The Morgan fingerprint density at radius 1 is 1.58 bits per heavy atom. The van der Waals surface area contributed by atoms with Gasteiger partial charge < -0.3 is 5.11 Å². The van der Waals surface area contributed by atoms with Crippen LogP contribution < -0.4 is 0 Å². The van der Waals surface area contributed by atoms with Gasteiger partial charge in [0.15, 0.2) is 5.78 Å². The van der Waals surface area contributed by atoms with Gasteiger partial charge in [0.2, 0.25) is 0 Å². The van der Waals surface area contributed by atoms with Gasteiger partial charge in [-0.3, -0.25) is 4.79 Å². The van der Waals surface area contributed by atoms with Crippen molar-refractivity contribution in [2.24, 2.45) is 0 Å². The van der Waals surface area contributed by atoms with E-state index in [1.807, 2.05) is 0 Å². The molecule has 0 spiro atoms. The number of hydrogen-bond donors (Lipinski definition) is 1. The highest BCUT2D eigenvalue weighted by molar-refractivity contribution is 9.10. The Kier molecular flexibility index (Phi) is 2.64. The first kappa shape index (κ1) is 9.41. The lowest BCUT2D eigenvalue weighted by atomic mass is 10.3. The predicted octanol–water partition coefficient (Wildman–Crippen LogP) is 2.41. The number of carboxylic acids is 1. The number of carbonyl (C=O) groups excluding carboxylic acids is 1. The van der Waals surface area contributed by atoms with Crippen LogP contribution >= 0.6 is 27.3 Å². The normalized spacial score (nSPS) is 9.83. The summed E-state index contributed by atoms with van der Waals surface area (Å²) in [4.78, 5) is 22.0. The van der Waals surface area contributed by atoms with Crippen LogP contribution in [-0.2, 0) is 0 Å². The van der Waals surface area contributed by atoms with E-state index in [-0.39, 0.29) is 10.7 Å². The summed E-state index contributed by atoms with van der Waals surface area (Å²) in [5.74, 6) is -1.13. The molecule has 64 valence electrons. The second-order valence-corrected chi connectivity index (χ2v) is 4.06. The minimum atomic E-state index is -1.01. The molecule has 0 aliphatic heterocycles. The van der Waals surface area contributed by atoms with Gasteiger partial charge in [-0.15, -0.1) is 11.3 Å². The van der Waals surface area contributed by atoms with E-state index in [4.69, 9.17) is 5.11 Å². The maximum absolute atomic E-state index is 10.9. The SMILES string of the molecule is CC(=O)c1sc(C(=O)O)cc1Br. The van der Waals surface area contributed by atoms with Crippen molar-refractivity contribution in [3.8, 4) is 0 Å². The zero-order valence-corrected chi connectivity index (χ0v) is 8.53. The zero-order valence-electron chi connectivity index (χ0n) is 6.13. The third-order valence-electron chi connectivity index (χ3n) is 1.22. The van der Waals surface area contributed by atoms with Crippen molar-refractivity contribution in [3.63, 3.8) is 0 Å². The molecule has 1 aromatic heterocycles. The van der Waals surface area contributed by atoms with Gasteiger partial charge in [-0.25, -0.2) is 4.79 Å². The van der Waals surface area contributed by atoms with Gasteiger partial charge in [-0.1, -0.05) is 0 Å².